The van der Waals surface area contributed by atoms with Crippen LogP contribution in [0.4, 0.5) is 0 Å². The molecule has 0 unspecified atom stereocenters. The van der Waals surface area contributed by atoms with E-state index >= 15 is 0 Å². The zero-order valence-electron chi connectivity index (χ0n) is 15.7. The molecule has 5 heteroatoms. The lowest BCUT2D eigenvalue weighted by Gasteiger charge is -2.03. The number of imidazole rings is 1. The monoisotopic (exact) mass is 452 g/mol. The first-order valence-corrected chi connectivity index (χ1v) is 9.87. The molecule has 0 atom stereocenters. The van der Waals surface area contributed by atoms with Crippen molar-refractivity contribution in [3.63, 3.8) is 0 Å². The lowest BCUT2D eigenvalue weighted by molar-refractivity contribution is 0.102. The molecule has 0 aliphatic carbocycles. The summed E-state index contributed by atoms with van der Waals surface area (Å²) >= 11 is 1.45. The lowest BCUT2D eigenvalue weighted by Crippen LogP contribution is -2.02. The predicted octanol–water partition coefficient (Wildman–Crippen LogP) is 6.40. The van der Waals surface area contributed by atoms with E-state index in [9.17, 15) is 4.79 Å². The highest BCUT2D eigenvalue weighted by atomic mass is 79.9. The van der Waals surface area contributed by atoms with E-state index in [4.69, 9.17) is 0 Å². The molecule has 1 aromatic heterocycles. The number of hydrogen-bond donors (Lipinski definition) is 1. The average Bonchev–Trinajstić information content (AvgIpc) is 3.09. The average molecular weight is 453 g/mol. The van der Waals surface area contributed by atoms with Gasteiger partial charge in [-0.05, 0) is 48.2 Å². The minimum Gasteiger partial charge on any atom is -0.333 e. The van der Waals surface area contributed by atoms with Gasteiger partial charge in [0.15, 0.2) is 10.9 Å². The Morgan fingerprint density at radius 1 is 0.929 bits per heavy atom. The van der Waals surface area contributed by atoms with Gasteiger partial charge in [-0.15, -0.1) is 17.0 Å². The second-order valence-electron chi connectivity index (χ2n) is 6.65. The lowest BCUT2D eigenvalue weighted by atomic mass is 10.0. The molecule has 0 fully saturated rings. The van der Waals surface area contributed by atoms with Crippen LogP contribution in [0.1, 0.15) is 21.5 Å². The Labute approximate surface area is 179 Å². The summed E-state index contributed by atoms with van der Waals surface area (Å²) in [6.07, 6.45) is 0. The molecule has 28 heavy (non-hydrogen) atoms. The molecule has 0 saturated heterocycles. The second-order valence-corrected chi connectivity index (χ2v) is 7.61. The Morgan fingerprint density at radius 2 is 1.57 bits per heavy atom. The fourth-order valence-electron chi connectivity index (χ4n) is 3.01. The summed E-state index contributed by atoms with van der Waals surface area (Å²) in [6, 6.07) is 22.1. The Kier molecular flexibility index (Phi) is 6.37. The van der Waals surface area contributed by atoms with Gasteiger partial charge < -0.3 is 4.98 Å². The first-order valence-electron chi connectivity index (χ1n) is 8.88. The van der Waals surface area contributed by atoms with Crippen LogP contribution in [0.3, 0.4) is 0 Å². The summed E-state index contributed by atoms with van der Waals surface area (Å²) in [6.45, 7) is 4.17. The zero-order chi connectivity index (χ0) is 18.8. The molecule has 0 spiro atoms. The molecule has 0 aliphatic rings. The number of H-pyrrole nitrogens is 1. The van der Waals surface area contributed by atoms with Gasteiger partial charge in [0.25, 0.3) is 0 Å². The predicted molar refractivity (Wildman–Crippen MR) is 123 cm³/mol. The van der Waals surface area contributed by atoms with Crippen molar-refractivity contribution in [1.82, 2.24) is 9.97 Å². The highest BCUT2D eigenvalue weighted by molar-refractivity contribution is 8.93. The molecule has 0 bridgehead atoms. The van der Waals surface area contributed by atoms with Gasteiger partial charge in [-0.25, -0.2) is 4.98 Å². The van der Waals surface area contributed by atoms with Crippen LogP contribution in [-0.4, -0.2) is 21.5 Å². The van der Waals surface area contributed by atoms with Gasteiger partial charge in [0, 0.05) is 5.56 Å². The second kappa shape index (κ2) is 8.76. The van der Waals surface area contributed by atoms with Crippen molar-refractivity contribution in [3.8, 4) is 11.1 Å². The van der Waals surface area contributed by atoms with Crippen molar-refractivity contribution in [1.29, 1.82) is 0 Å². The maximum absolute atomic E-state index is 12.5. The molecule has 1 heterocycles. The minimum absolute atomic E-state index is 0. The van der Waals surface area contributed by atoms with Gasteiger partial charge in [-0.2, -0.15) is 0 Å². The van der Waals surface area contributed by atoms with Crippen molar-refractivity contribution >= 4 is 45.6 Å². The van der Waals surface area contributed by atoms with Crippen molar-refractivity contribution in [2.75, 3.05) is 5.75 Å². The van der Waals surface area contributed by atoms with Gasteiger partial charge in [-0.3, -0.25) is 4.79 Å². The van der Waals surface area contributed by atoms with E-state index in [0.29, 0.717) is 5.75 Å². The number of carbonyl (C=O) groups excluding carboxylic acids is 1. The molecular weight excluding hydrogens is 432 g/mol. The summed E-state index contributed by atoms with van der Waals surface area (Å²) in [5, 5.41) is 0.782. The summed E-state index contributed by atoms with van der Waals surface area (Å²) in [7, 11) is 0. The van der Waals surface area contributed by atoms with Crippen LogP contribution in [0.15, 0.2) is 71.9 Å². The summed E-state index contributed by atoms with van der Waals surface area (Å²) in [5.74, 6) is 0.468. The number of aromatic nitrogens is 2. The quantitative estimate of drug-likeness (QED) is 0.281. The number of carbonyl (C=O) groups is 1. The molecule has 142 valence electrons. The molecule has 4 aromatic rings. The SMILES string of the molecule is Br.Cc1cc2nc(SCC(=O)c3ccc(-c4ccccc4)cc3)[nH]c2cc1C. The van der Waals surface area contributed by atoms with Crippen molar-refractivity contribution in [2.45, 2.75) is 19.0 Å². The normalized spacial score (nSPS) is 10.6. The fraction of sp³-hybridized carbons (Fsp3) is 0.130. The van der Waals surface area contributed by atoms with Crippen molar-refractivity contribution in [3.05, 3.63) is 83.4 Å². The summed E-state index contributed by atoms with van der Waals surface area (Å²) in [4.78, 5) is 20.4. The summed E-state index contributed by atoms with van der Waals surface area (Å²) < 4.78 is 0. The molecule has 1 N–H and O–H groups in total. The molecule has 3 nitrogen and oxygen atoms in total. The molecule has 0 amide bonds. The van der Waals surface area contributed by atoms with E-state index in [1.165, 1.54) is 22.9 Å². The number of benzene rings is 3. The van der Waals surface area contributed by atoms with Crippen LogP contribution in [0.25, 0.3) is 22.2 Å². The van der Waals surface area contributed by atoms with Crippen LogP contribution in [0.2, 0.25) is 0 Å². The Hall–Kier alpha value is -2.37. The van der Waals surface area contributed by atoms with Gasteiger partial charge >= 0.3 is 0 Å². The van der Waals surface area contributed by atoms with E-state index in [2.05, 4.69) is 48.1 Å². The molecule has 4 rings (SSSR count). The maximum Gasteiger partial charge on any atom is 0.173 e. The number of thioether (sulfide) groups is 1. The van der Waals surface area contributed by atoms with E-state index in [0.717, 1.165) is 32.9 Å². The van der Waals surface area contributed by atoms with Gasteiger partial charge in [-0.1, -0.05) is 66.4 Å². The zero-order valence-corrected chi connectivity index (χ0v) is 18.3. The van der Waals surface area contributed by atoms with Crippen LogP contribution in [0, 0.1) is 13.8 Å². The van der Waals surface area contributed by atoms with Crippen LogP contribution < -0.4 is 0 Å². The van der Waals surface area contributed by atoms with E-state index < -0.39 is 0 Å². The van der Waals surface area contributed by atoms with Gasteiger partial charge in [0.05, 0.1) is 16.8 Å². The number of rotatable bonds is 5. The van der Waals surface area contributed by atoms with Crippen molar-refractivity contribution in [2.24, 2.45) is 0 Å². The number of aryl methyl sites for hydroxylation is 2. The van der Waals surface area contributed by atoms with Crippen LogP contribution in [-0.2, 0) is 0 Å². The first-order chi connectivity index (χ1) is 13.1. The van der Waals surface area contributed by atoms with Crippen LogP contribution >= 0.6 is 28.7 Å². The third kappa shape index (κ3) is 4.37. The standard InChI is InChI=1S/C23H20N2OS.BrH/c1-15-12-20-21(13-16(15)2)25-23(24-20)27-14-22(26)19-10-8-18(9-11-19)17-6-4-3-5-7-17;/h3-13H,14H2,1-2H3,(H,24,25);1H. The smallest absolute Gasteiger partial charge is 0.173 e. The Morgan fingerprint density at radius 3 is 2.29 bits per heavy atom. The largest absolute Gasteiger partial charge is 0.333 e. The third-order valence-electron chi connectivity index (χ3n) is 4.73. The topological polar surface area (TPSA) is 45.8 Å². The number of nitrogens with one attached hydrogen (secondary N) is 1. The number of halogens is 1. The minimum atomic E-state index is 0. The molecule has 0 saturated carbocycles. The highest BCUT2D eigenvalue weighted by Crippen LogP contribution is 2.24. The van der Waals surface area contributed by atoms with Crippen molar-refractivity contribution < 1.29 is 4.79 Å². The highest BCUT2D eigenvalue weighted by Gasteiger charge is 2.10. The number of Topliss-reactive ketones (excluding diaryl/α,β-unsaturated/α-hetero) is 1. The molecule has 3 aromatic carbocycles. The Bertz CT molecular complexity index is 1070. The Balaban J connectivity index is 0.00000225. The number of nitrogens with zero attached hydrogens (tertiary/aromatic N) is 1. The number of hydrogen-bond acceptors (Lipinski definition) is 3. The molecule has 0 aliphatic heterocycles. The maximum atomic E-state index is 12.5. The molecular formula is C23H21BrN2OS. The molecule has 0 radical (unpaired) electrons. The number of aromatic amines is 1. The van der Waals surface area contributed by atoms with E-state index in [1.807, 2.05) is 42.5 Å². The fourth-order valence-corrected chi connectivity index (χ4v) is 3.79. The first kappa shape index (κ1) is 20.4. The number of fused-ring (bicyclic) bond motifs is 1. The number of ketones is 1. The van der Waals surface area contributed by atoms with E-state index in [1.54, 1.807) is 0 Å². The third-order valence-corrected chi connectivity index (χ3v) is 5.60. The summed E-state index contributed by atoms with van der Waals surface area (Å²) in [5.41, 5.74) is 7.41. The van der Waals surface area contributed by atoms with E-state index in [-0.39, 0.29) is 22.8 Å². The van der Waals surface area contributed by atoms with Gasteiger partial charge in [0.2, 0.25) is 0 Å². The van der Waals surface area contributed by atoms with Crippen LogP contribution in [0.5, 0.6) is 0 Å². The van der Waals surface area contributed by atoms with Gasteiger partial charge in [0.1, 0.15) is 0 Å².